The van der Waals surface area contributed by atoms with Crippen LogP contribution in [0.4, 0.5) is 10.2 Å². The molecule has 1 amide bonds. The van der Waals surface area contributed by atoms with E-state index in [1.54, 1.807) is 6.07 Å². The summed E-state index contributed by atoms with van der Waals surface area (Å²) in [7, 11) is 0. The number of nitrogens with one attached hydrogen (secondary N) is 1. The summed E-state index contributed by atoms with van der Waals surface area (Å²) in [6.07, 6.45) is 4.38. The molecule has 0 saturated heterocycles. The number of benzene rings is 1. The highest BCUT2D eigenvalue weighted by molar-refractivity contribution is 6.05. The van der Waals surface area contributed by atoms with Crippen molar-refractivity contribution in [3.8, 4) is 11.8 Å². The molecule has 2 saturated carbocycles. The fourth-order valence-electron chi connectivity index (χ4n) is 3.68. The van der Waals surface area contributed by atoms with Gasteiger partial charge in [-0.1, -0.05) is 6.42 Å². The van der Waals surface area contributed by atoms with E-state index in [0.29, 0.717) is 5.82 Å². The Hall–Kier alpha value is -3.01. The summed E-state index contributed by atoms with van der Waals surface area (Å²) in [5, 5.41) is 15.7. The number of Topliss-reactive ketones (excluding diaryl/α,β-unsaturated/α-hetero) is 1. The first-order chi connectivity index (χ1) is 12.0. The predicted octanol–water partition coefficient (Wildman–Crippen LogP) is 2.58. The number of carbonyl (C=O) groups is 2. The fraction of sp³-hybridized carbons (Fsp3) is 0.333. The fourth-order valence-corrected chi connectivity index (χ4v) is 3.68. The molecule has 0 radical (unpaired) electrons. The number of hydrogen-bond donors (Lipinski definition) is 1. The van der Waals surface area contributed by atoms with Crippen LogP contribution in [0, 0.1) is 28.5 Å². The summed E-state index contributed by atoms with van der Waals surface area (Å²) in [5.74, 6) is -0.569. The molecular formula is C18H15FN4O2. The third-order valence-corrected chi connectivity index (χ3v) is 5.34. The minimum absolute atomic E-state index is 0.184. The Morgan fingerprint density at radius 2 is 2.20 bits per heavy atom. The molecule has 1 aromatic carbocycles. The molecule has 1 aromatic heterocycles. The quantitative estimate of drug-likeness (QED) is 0.932. The number of nitrogens with zero attached hydrogens (tertiary/aromatic N) is 3. The van der Waals surface area contributed by atoms with Crippen LogP contribution < -0.4 is 5.32 Å². The van der Waals surface area contributed by atoms with E-state index in [0.717, 1.165) is 25.3 Å². The van der Waals surface area contributed by atoms with Gasteiger partial charge in [-0.2, -0.15) is 5.26 Å². The zero-order valence-corrected chi connectivity index (χ0v) is 13.3. The highest BCUT2D eigenvalue weighted by Gasteiger charge is 2.60. The minimum Gasteiger partial charge on any atom is -0.309 e. The van der Waals surface area contributed by atoms with E-state index in [9.17, 15) is 14.0 Å². The lowest BCUT2D eigenvalue weighted by Gasteiger charge is -2.52. The van der Waals surface area contributed by atoms with Gasteiger partial charge in [-0.15, -0.1) is 5.10 Å². The maximum Gasteiger partial charge on any atom is 0.230 e. The third-order valence-electron chi connectivity index (χ3n) is 5.34. The van der Waals surface area contributed by atoms with Gasteiger partial charge in [0, 0.05) is 24.1 Å². The van der Waals surface area contributed by atoms with Gasteiger partial charge >= 0.3 is 0 Å². The van der Waals surface area contributed by atoms with Crippen molar-refractivity contribution in [2.24, 2.45) is 11.3 Å². The molecule has 0 aliphatic heterocycles. The average molecular weight is 338 g/mol. The Bertz CT molecular complexity index is 923. The molecule has 6 nitrogen and oxygen atoms in total. The van der Waals surface area contributed by atoms with Crippen LogP contribution in [0.1, 0.15) is 31.2 Å². The third kappa shape index (κ3) is 2.33. The molecule has 0 bridgehead atoms. The average Bonchev–Trinajstić information content (AvgIpc) is 2.98. The summed E-state index contributed by atoms with van der Waals surface area (Å²) >= 11 is 0. The largest absolute Gasteiger partial charge is 0.309 e. The van der Waals surface area contributed by atoms with Crippen molar-refractivity contribution in [3.05, 3.63) is 41.8 Å². The number of hydrogen-bond acceptors (Lipinski definition) is 4. The number of rotatable bonds is 3. The molecule has 1 N–H and O–H groups in total. The van der Waals surface area contributed by atoms with E-state index in [2.05, 4.69) is 10.4 Å². The van der Waals surface area contributed by atoms with Crippen molar-refractivity contribution >= 4 is 17.5 Å². The first kappa shape index (κ1) is 15.5. The predicted molar refractivity (Wildman–Crippen MR) is 86.3 cm³/mol. The second-order valence-corrected chi connectivity index (χ2v) is 6.60. The number of nitriles is 1. The first-order valence-electron chi connectivity index (χ1n) is 8.13. The molecule has 2 fully saturated rings. The Morgan fingerprint density at radius 1 is 1.40 bits per heavy atom. The number of halogens is 1. The minimum atomic E-state index is -0.571. The maximum atomic E-state index is 14.0. The number of amides is 1. The van der Waals surface area contributed by atoms with Gasteiger partial charge < -0.3 is 5.32 Å². The Balaban J connectivity index is 1.50. The lowest BCUT2D eigenvalue weighted by atomic mass is 9.49. The van der Waals surface area contributed by atoms with Crippen molar-refractivity contribution in [1.29, 1.82) is 5.26 Å². The molecule has 126 valence electrons. The van der Waals surface area contributed by atoms with E-state index >= 15 is 0 Å². The molecule has 2 aliphatic carbocycles. The molecule has 2 aromatic rings. The van der Waals surface area contributed by atoms with Crippen LogP contribution in [0.25, 0.3) is 5.69 Å². The van der Waals surface area contributed by atoms with Crippen LogP contribution in [-0.2, 0) is 9.59 Å². The topological polar surface area (TPSA) is 87.8 Å². The van der Waals surface area contributed by atoms with Crippen molar-refractivity contribution in [2.45, 2.75) is 25.7 Å². The summed E-state index contributed by atoms with van der Waals surface area (Å²) in [5.41, 5.74) is -0.0255. The zero-order chi connectivity index (χ0) is 17.6. The highest BCUT2D eigenvalue weighted by atomic mass is 19.1. The van der Waals surface area contributed by atoms with Crippen LogP contribution in [0.5, 0.6) is 0 Å². The van der Waals surface area contributed by atoms with Crippen molar-refractivity contribution in [1.82, 2.24) is 9.78 Å². The van der Waals surface area contributed by atoms with E-state index < -0.39 is 11.2 Å². The normalized spacial score (nSPS) is 20.5. The van der Waals surface area contributed by atoms with Crippen LogP contribution in [0.15, 0.2) is 30.5 Å². The lowest BCUT2D eigenvalue weighted by Crippen LogP contribution is -2.58. The summed E-state index contributed by atoms with van der Waals surface area (Å²) < 4.78 is 15.4. The van der Waals surface area contributed by atoms with Crippen LogP contribution in [0.3, 0.4) is 0 Å². The second kappa shape index (κ2) is 5.52. The van der Waals surface area contributed by atoms with Gasteiger partial charge in [-0.05, 0) is 31.0 Å². The first-order valence-corrected chi connectivity index (χ1v) is 8.13. The molecule has 1 spiro atoms. The molecule has 25 heavy (non-hydrogen) atoms. The van der Waals surface area contributed by atoms with Crippen molar-refractivity contribution in [2.75, 3.05) is 5.32 Å². The monoisotopic (exact) mass is 338 g/mol. The van der Waals surface area contributed by atoms with Crippen LogP contribution in [-0.4, -0.2) is 21.5 Å². The Morgan fingerprint density at radius 3 is 2.80 bits per heavy atom. The van der Waals surface area contributed by atoms with Gasteiger partial charge in [0.25, 0.3) is 0 Å². The van der Waals surface area contributed by atoms with Gasteiger partial charge in [-0.25, -0.2) is 9.07 Å². The van der Waals surface area contributed by atoms with Gasteiger partial charge in [0.2, 0.25) is 5.91 Å². The van der Waals surface area contributed by atoms with Crippen molar-refractivity contribution < 1.29 is 14.0 Å². The smallest absolute Gasteiger partial charge is 0.230 e. The molecule has 7 heteroatoms. The SMILES string of the molecule is N#Cc1ccc(-n2ccc(NC(=O)C3CC(=O)C34CCC4)n2)c(F)c1. The molecule has 1 unspecified atom stereocenters. The van der Waals surface area contributed by atoms with E-state index in [4.69, 9.17) is 5.26 Å². The summed E-state index contributed by atoms with van der Waals surface area (Å²) in [6.45, 7) is 0. The number of anilines is 1. The molecular weight excluding hydrogens is 323 g/mol. The van der Waals surface area contributed by atoms with Crippen LogP contribution in [0.2, 0.25) is 0 Å². The van der Waals surface area contributed by atoms with Gasteiger partial charge in [0.1, 0.15) is 17.3 Å². The maximum absolute atomic E-state index is 14.0. The lowest BCUT2D eigenvalue weighted by molar-refractivity contribution is -0.161. The van der Waals surface area contributed by atoms with Gasteiger partial charge in [-0.3, -0.25) is 9.59 Å². The van der Waals surface area contributed by atoms with Crippen molar-refractivity contribution in [3.63, 3.8) is 0 Å². The number of aromatic nitrogens is 2. The number of carbonyl (C=O) groups excluding carboxylic acids is 2. The van der Waals surface area contributed by atoms with Gasteiger partial charge in [0.05, 0.1) is 17.6 Å². The van der Waals surface area contributed by atoms with Crippen LogP contribution >= 0.6 is 0 Å². The van der Waals surface area contributed by atoms with E-state index in [1.165, 1.54) is 23.0 Å². The van der Waals surface area contributed by atoms with Gasteiger partial charge in [0.15, 0.2) is 5.82 Å². The standard InChI is InChI=1S/C18H15FN4O2/c19-13-8-11(10-20)2-3-14(13)23-7-4-16(22-23)21-17(25)12-9-15(24)18(12)5-1-6-18/h2-4,7-8,12H,1,5-6,9H2,(H,21,22,25). The highest BCUT2D eigenvalue weighted by Crippen LogP contribution is 2.57. The van der Waals surface area contributed by atoms with E-state index in [-0.39, 0.29) is 35.3 Å². The second-order valence-electron chi connectivity index (χ2n) is 6.60. The van der Waals surface area contributed by atoms with E-state index in [1.807, 2.05) is 6.07 Å². The Kier molecular flexibility index (Phi) is 3.42. The summed E-state index contributed by atoms with van der Waals surface area (Å²) in [6, 6.07) is 7.54. The molecule has 1 atom stereocenters. The molecule has 4 rings (SSSR count). The zero-order valence-electron chi connectivity index (χ0n) is 13.3. The molecule has 1 heterocycles. The molecule has 2 aliphatic rings. The Labute approximate surface area is 143 Å². The summed E-state index contributed by atoms with van der Waals surface area (Å²) in [4.78, 5) is 24.2. The number of ketones is 1.